The molecule has 0 aliphatic carbocycles. The molecule has 0 unspecified atom stereocenters. The predicted molar refractivity (Wildman–Crippen MR) is 58.5 cm³/mol. The second-order valence-electron chi connectivity index (χ2n) is 4.15. The van der Waals surface area contributed by atoms with Gasteiger partial charge in [-0.1, -0.05) is 0 Å². The van der Waals surface area contributed by atoms with E-state index in [1.54, 1.807) is 12.1 Å². The van der Waals surface area contributed by atoms with Crippen LogP contribution in [-0.2, 0) is 9.30 Å². The number of nitro benzene ring substituents is 1. The molecule has 2 aliphatic rings. The zero-order valence-electron chi connectivity index (χ0n) is 8.41. The summed E-state index contributed by atoms with van der Waals surface area (Å²) in [7, 11) is -2.43. The molecule has 16 heavy (non-hydrogen) atoms. The molecule has 1 aromatic carbocycles. The van der Waals surface area contributed by atoms with E-state index in [4.69, 9.17) is 4.74 Å². The lowest BCUT2D eigenvalue weighted by molar-refractivity contribution is -0.384. The second-order valence-corrected chi connectivity index (χ2v) is 7.21. The average molecular weight is 239 g/mol. The van der Waals surface area contributed by atoms with Crippen molar-refractivity contribution in [2.45, 2.75) is 18.4 Å². The summed E-state index contributed by atoms with van der Waals surface area (Å²) in [6, 6.07) is 6.02. The maximum atomic E-state index is 12.6. The van der Waals surface area contributed by atoms with Crippen LogP contribution in [-0.4, -0.2) is 23.0 Å². The fraction of sp³-hybridized carbons (Fsp3) is 0.400. The second kappa shape index (κ2) is 3.15. The van der Waals surface area contributed by atoms with Gasteiger partial charge in [0.1, 0.15) is 13.0 Å². The van der Waals surface area contributed by atoms with Crippen molar-refractivity contribution < 1.29 is 14.2 Å². The Morgan fingerprint density at radius 1 is 1.38 bits per heavy atom. The molecule has 3 rings (SSSR count). The van der Waals surface area contributed by atoms with E-state index in [-0.39, 0.29) is 17.6 Å². The summed E-state index contributed by atoms with van der Waals surface area (Å²) in [6.07, 6.45) is 1.68. The maximum absolute atomic E-state index is 12.6. The fourth-order valence-corrected chi connectivity index (χ4v) is 5.40. The van der Waals surface area contributed by atoms with Crippen LogP contribution in [0.2, 0.25) is 0 Å². The van der Waals surface area contributed by atoms with Crippen LogP contribution in [0.5, 0.6) is 0 Å². The standard InChI is InChI=1S/C10H10NO4P/c12-11(13)7-1-3-8(4-2-7)16(14)6-5-9-10(16)15-9/h1-4,9-10H,5-6H2/t9-,10+,16-/m1/s1. The van der Waals surface area contributed by atoms with E-state index in [1.165, 1.54) is 12.1 Å². The normalized spacial score (nSPS) is 35.8. The van der Waals surface area contributed by atoms with Crippen molar-refractivity contribution in [2.24, 2.45) is 0 Å². The molecule has 5 nitrogen and oxygen atoms in total. The summed E-state index contributed by atoms with van der Waals surface area (Å²) in [4.78, 5) is 10.0. The van der Waals surface area contributed by atoms with Crippen molar-refractivity contribution in [1.29, 1.82) is 0 Å². The molecule has 1 aromatic rings. The van der Waals surface area contributed by atoms with Gasteiger partial charge in [-0.2, -0.15) is 0 Å². The van der Waals surface area contributed by atoms with Crippen molar-refractivity contribution in [3.05, 3.63) is 34.4 Å². The Morgan fingerprint density at radius 3 is 2.50 bits per heavy atom. The molecule has 0 amide bonds. The number of nitrogens with zero attached hydrogens (tertiary/aromatic N) is 1. The largest absolute Gasteiger partial charge is 0.361 e. The van der Waals surface area contributed by atoms with Gasteiger partial charge in [-0.15, -0.1) is 0 Å². The summed E-state index contributed by atoms with van der Waals surface area (Å²) in [5, 5.41) is 11.2. The molecule has 3 atom stereocenters. The van der Waals surface area contributed by atoms with Gasteiger partial charge in [-0.25, -0.2) is 0 Å². The van der Waals surface area contributed by atoms with Crippen LogP contribution in [0.15, 0.2) is 24.3 Å². The van der Waals surface area contributed by atoms with Gasteiger partial charge in [-0.3, -0.25) is 10.1 Å². The van der Waals surface area contributed by atoms with Crippen LogP contribution in [0.3, 0.4) is 0 Å². The predicted octanol–water partition coefficient (Wildman–Crippen LogP) is 1.71. The van der Waals surface area contributed by atoms with Crippen molar-refractivity contribution in [2.75, 3.05) is 6.16 Å². The van der Waals surface area contributed by atoms with E-state index in [1.807, 2.05) is 0 Å². The summed E-state index contributed by atoms with van der Waals surface area (Å²) in [5.74, 6) is -0.117. The van der Waals surface area contributed by atoms with Crippen LogP contribution < -0.4 is 5.30 Å². The van der Waals surface area contributed by atoms with E-state index >= 15 is 0 Å². The number of hydrogen-bond acceptors (Lipinski definition) is 4. The maximum Gasteiger partial charge on any atom is 0.269 e. The Hall–Kier alpha value is -1.19. The number of hydrogen-bond donors (Lipinski definition) is 0. The van der Waals surface area contributed by atoms with Crippen molar-refractivity contribution in [3.63, 3.8) is 0 Å². The van der Waals surface area contributed by atoms with Gasteiger partial charge in [0.15, 0.2) is 0 Å². The highest BCUT2D eigenvalue weighted by atomic mass is 31.2. The third kappa shape index (κ3) is 1.32. The first-order chi connectivity index (χ1) is 7.61. The van der Waals surface area contributed by atoms with Crippen LogP contribution in [0.1, 0.15) is 6.42 Å². The lowest BCUT2D eigenvalue weighted by atomic mass is 10.3. The Morgan fingerprint density at radius 2 is 2.06 bits per heavy atom. The Bertz CT molecular complexity index is 498. The molecule has 0 bridgehead atoms. The Labute approximate surface area is 91.9 Å². The number of nitro groups is 1. The molecule has 2 fully saturated rings. The first-order valence-corrected chi connectivity index (χ1v) is 7.06. The summed E-state index contributed by atoms with van der Waals surface area (Å²) < 4.78 is 17.9. The van der Waals surface area contributed by atoms with Crippen LogP contribution in [0, 0.1) is 10.1 Å². The summed E-state index contributed by atoms with van der Waals surface area (Å²) in [6.45, 7) is 0. The van der Waals surface area contributed by atoms with Gasteiger partial charge in [0.2, 0.25) is 0 Å². The van der Waals surface area contributed by atoms with Crippen molar-refractivity contribution >= 4 is 18.1 Å². The van der Waals surface area contributed by atoms with Gasteiger partial charge in [-0.05, 0) is 18.6 Å². The zero-order chi connectivity index (χ0) is 11.3. The minimum absolute atomic E-state index is 0.0304. The molecule has 2 aliphatic heterocycles. The third-order valence-corrected chi connectivity index (χ3v) is 6.58. The number of fused-ring (bicyclic) bond motifs is 1. The molecule has 0 radical (unpaired) electrons. The first-order valence-electron chi connectivity index (χ1n) is 5.10. The SMILES string of the molecule is O=[N+]([O-])c1ccc([P@]2(=O)CC[C@H]3O[C@H]32)cc1. The van der Waals surface area contributed by atoms with Crippen LogP contribution in [0.4, 0.5) is 5.69 Å². The smallest absolute Gasteiger partial charge is 0.269 e. The lowest BCUT2D eigenvalue weighted by Gasteiger charge is -2.11. The number of epoxide rings is 1. The van der Waals surface area contributed by atoms with E-state index in [9.17, 15) is 14.7 Å². The Kier molecular flexibility index (Phi) is 1.97. The van der Waals surface area contributed by atoms with Crippen molar-refractivity contribution in [3.8, 4) is 0 Å². The van der Waals surface area contributed by atoms with Crippen LogP contribution in [0.25, 0.3) is 0 Å². The monoisotopic (exact) mass is 239 g/mol. The van der Waals surface area contributed by atoms with Gasteiger partial charge in [0.25, 0.3) is 5.69 Å². The average Bonchev–Trinajstić information content (AvgIpc) is 3.00. The van der Waals surface area contributed by atoms with Gasteiger partial charge in [0.05, 0.1) is 11.0 Å². The number of benzene rings is 1. The topological polar surface area (TPSA) is 72.7 Å². The minimum Gasteiger partial charge on any atom is -0.361 e. The molecule has 0 N–H and O–H groups in total. The first kappa shape index (κ1) is 10.00. The molecule has 0 aromatic heterocycles. The van der Waals surface area contributed by atoms with Gasteiger partial charge < -0.3 is 9.30 Å². The van der Waals surface area contributed by atoms with Crippen molar-refractivity contribution in [1.82, 2.24) is 0 Å². The number of non-ortho nitro benzene ring substituents is 1. The lowest BCUT2D eigenvalue weighted by Crippen LogP contribution is -2.08. The van der Waals surface area contributed by atoms with E-state index in [0.717, 1.165) is 6.42 Å². The number of ether oxygens (including phenoxy) is 1. The highest BCUT2D eigenvalue weighted by molar-refractivity contribution is 7.72. The highest BCUT2D eigenvalue weighted by Crippen LogP contribution is 2.65. The third-order valence-electron chi connectivity index (χ3n) is 3.21. The highest BCUT2D eigenvalue weighted by Gasteiger charge is 2.58. The summed E-state index contributed by atoms with van der Waals surface area (Å²) >= 11 is 0. The molecule has 0 saturated carbocycles. The molecule has 84 valence electrons. The molecular formula is C10H10NO4P. The Balaban J connectivity index is 1.95. The van der Waals surface area contributed by atoms with E-state index in [2.05, 4.69) is 0 Å². The quantitative estimate of drug-likeness (QED) is 0.341. The van der Waals surface area contributed by atoms with Crippen LogP contribution >= 0.6 is 7.14 Å². The van der Waals surface area contributed by atoms with Gasteiger partial charge >= 0.3 is 0 Å². The molecule has 2 saturated heterocycles. The zero-order valence-corrected chi connectivity index (χ0v) is 9.30. The summed E-state index contributed by atoms with van der Waals surface area (Å²) in [5.41, 5.74) is 0.0304. The fourth-order valence-electron chi connectivity index (χ4n) is 2.26. The molecular weight excluding hydrogens is 229 g/mol. The molecule has 2 heterocycles. The van der Waals surface area contributed by atoms with E-state index < -0.39 is 12.1 Å². The molecule has 0 spiro atoms. The van der Waals surface area contributed by atoms with Gasteiger partial charge in [0, 0.05) is 23.6 Å². The minimum atomic E-state index is -2.43. The van der Waals surface area contributed by atoms with E-state index in [0.29, 0.717) is 11.5 Å². The molecule has 6 heteroatoms. The number of rotatable bonds is 2.